The summed E-state index contributed by atoms with van der Waals surface area (Å²) in [4.78, 5) is 14.7. The SMILES string of the molecule is CC(C)Oc1cc(-c2cnc3[nH]ccc3n2)cc(N2CCCC2)c1. The summed E-state index contributed by atoms with van der Waals surface area (Å²) in [6, 6.07) is 8.34. The zero-order valence-corrected chi connectivity index (χ0v) is 14.1. The van der Waals surface area contributed by atoms with Crippen LogP contribution >= 0.6 is 0 Å². The molecule has 1 aromatic carbocycles. The molecule has 3 aromatic rings. The molecule has 0 spiro atoms. The Morgan fingerprint density at radius 1 is 1.17 bits per heavy atom. The van der Waals surface area contributed by atoms with Crippen molar-refractivity contribution in [2.24, 2.45) is 0 Å². The number of nitrogens with zero attached hydrogens (tertiary/aromatic N) is 3. The number of nitrogens with one attached hydrogen (secondary N) is 1. The van der Waals surface area contributed by atoms with E-state index in [1.807, 2.05) is 32.3 Å². The number of ether oxygens (including phenoxy) is 1. The fraction of sp³-hybridized carbons (Fsp3) is 0.368. The van der Waals surface area contributed by atoms with Crippen LogP contribution in [0.1, 0.15) is 26.7 Å². The predicted molar refractivity (Wildman–Crippen MR) is 96.5 cm³/mol. The number of anilines is 1. The number of rotatable bonds is 4. The van der Waals surface area contributed by atoms with E-state index in [0.29, 0.717) is 0 Å². The molecule has 5 heteroatoms. The minimum Gasteiger partial charge on any atom is -0.491 e. The van der Waals surface area contributed by atoms with E-state index >= 15 is 0 Å². The number of H-pyrrole nitrogens is 1. The van der Waals surface area contributed by atoms with Crippen molar-refractivity contribution in [2.45, 2.75) is 32.8 Å². The first-order valence-corrected chi connectivity index (χ1v) is 8.56. The average molecular weight is 322 g/mol. The molecule has 0 aliphatic carbocycles. The van der Waals surface area contributed by atoms with E-state index in [4.69, 9.17) is 9.72 Å². The normalized spacial score (nSPS) is 14.7. The highest BCUT2D eigenvalue weighted by atomic mass is 16.5. The number of aromatic nitrogens is 3. The fourth-order valence-corrected chi connectivity index (χ4v) is 3.20. The second kappa shape index (κ2) is 6.15. The Morgan fingerprint density at radius 3 is 2.79 bits per heavy atom. The van der Waals surface area contributed by atoms with Crippen LogP contribution < -0.4 is 9.64 Å². The highest BCUT2D eigenvalue weighted by Gasteiger charge is 2.16. The van der Waals surface area contributed by atoms with Gasteiger partial charge in [-0.05, 0) is 44.9 Å². The third kappa shape index (κ3) is 2.94. The zero-order valence-electron chi connectivity index (χ0n) is 14.1. The Kier molecular flexibility index (Phi) is 3.84. The molecule has 0 amide bonds. The molecule has 1 N–H and O–H groups in total. The fourth-order valence-electron chi connectivity index (χ4n) is 3.20. The molecular formula is C19H22N4O. The highest BCUT2D eigenvalue weighted by molar-refractivity contribution is 5.76. The number of benzene rings is 1. The molecular weight excluding hydrogens is 300 g/mol. The second-order valence-electron chi connectivity index (χ2n) is 6.54. The highest BCUT2D eigenvalue weighted by Crippen LogP contribution is 2.32. The van der Waals surface area contributed by atoms with Gasteiger partial charge < -0.3 is 14.6 Å². The molecule has 4 rings (SSSR count). The largest absolute Gasteiger partial charge is 0.491 e. The Morgan fingerprint density at radius 2 is 2.00 bits per heavy atom. The van der Waals surface area contributed by atoms with Crippen molar-refractivity contribution in [3.05, 3.63) is 36.7 Å². The van der Waals surface area contributed by atoms with Crippen molar-refractivity contribution in [3.8, 4) is 17.0 Å². The molecule has 0 radical (unpaired) electrons. The van der Waals surface area contributed by atoms with Gasteiger partial charge in [0.05, 0.1) is 18.0 Å². The van der Waals surface area contributed by atoms with Crippen LogP contribution in [-0.4, -0.2) is 34.1 Å². The van der Waals surface area contributed by atoms with E-state index in [1.165, 1.54) is 18.5 Å². The van der Waals surface area contributed by atoms with Crippen LogP contribution in [0.4, 0.5) is 5.69 Å². The molecule has 2 aromatic heterocycles. The molecule has 5 nitrogen and oxygen atoms in total. The van der Waals surface area contributed by atoms with Crippen LogP contribution in [0.2, 0.25) is 0 Å². The van der Waals surface area contributed by atoms with Crippen molar-refractivity contribution >= 4 is 16.9 Å². The van der Waals surface area contributed by atoms with Gasteiger partial charge in [0, 0.05) is 36.6 Å². The lowest BCUT2D eigenvalue weighted by atomic mass is 10.1. The third-order valence-electron chi connectivity index (χ3n) is 4.29. The van der Waals surface area contributed by atoms with E-state index in [9.17, 15) is 0 Å². The predicted octanol–water partition coefficient (Wildman–Crippen LogP) is 4.01. The van der Waals surface area contributed by atoms with Crippen molar-refractivity contribution in [1.29, 1.82) is 0 Å². The summed E-state index contributed by atoms with van der Waals surface area (Å²) in [5.41, 5.74) is 4.82. The van der Waals surface area contributed by atoms with Gasteiger partial charge in [-0.15, -0.1) is 0 Å². The van der Waals surface area contributed by atoms with E-state index in [0.717, 1.165) is 41.3 Å². The summed E-state index contributed by atoms with van der Waals surface area (Å²) in [5, 5.41) is 0. The maximum absolute atomic E-state index is 5.97. The van der Waals surface area contributed by atoms with Crippen molar-refractivity contribution in [2.75, 3.05) is 18.0 Å². The van der Waals surface area contributed by atoms with Gasteiger partial charge in [0.1, 0.15) is 11.3 Å². The molecule has 124 valence electrons. The number of hydrogen-bond donors (Lipinski definition) is 1. The van der Waals surface area contributed by atoms with Crippen LogP contribution in [0.15, 0.2) is 36.7 Å². The number of hydrogen-bond acceptors (Lipinski definition) is 4. The summed E-state index contributed by atoms with van der Waals surface area (Å²) in [6.07, 6.45) is 6.33. The molecule has 1 fully saturated rings. The molecule has 0 saturated carbocycles. The van der Waals surface area contributed by atoms with Crippen LogP contribution in [0, 0.1) is 0 Å². The molecule has 1 saturated heterocycles. The zero-order chi connectivity index (χ0) is 16.5. The van der Waals surface area contributed by atoms with Crippen LogP contribution in [0.25, 0.3) is 22.4 Å². The summed E-state index contributed by atoms with van der Waals surface area (Å²) < 4.78 is 5.97. The Balaban J connectivity index is 1.78. The first kappa shape index (κ1) is 15.0. The second-order valence-corrected chi connectivity index (χ2v) is 6.54. The topological polar surface area (TPSA) is 54.0 Å². The summed E-state index contributed by atoms with van der Waals surface area (Å²) in [6.45, 7) is 6.31. The van der Waals surface area contributed by atoms with Crippen molar-refractivity contribution < 1.29 is 4.74 Å². The quantitative estimate of drug-likeness (QED) is 0.788. The van der Waals surface area contributed by atoms with Gasteiger partial charge in [-0.3, -0.25) is 0 Å². The van der Waals surface area contributed by atoms with Gasteiger partial charge in [0.25, 0.3) is 0 Å². The lowest BCUT2D eigenvalue weighted by Crippen LogP contribution is -2.18. The maximum atomic E-state index is 5.97. The van der Waals surface area contributed by atoms with E-state index in [2.05, 4.69) is 33.1 Å². The Bertz CT molecular complexity index is 849. The van der Waals surface area contributed by atoms with Gasteiger partial charge in [-0.2, -0.15) is 0 Å². The minimum absolute atomic E-state index is 0.143. The smallest absolute Gasteiger partial charge is 0.156 e. The van der Waals surface area contributed by atoms with Gasteiger partial charge in [-0.1, -0.05) is 0 Å². The standard InChI is InChI=1S/C19H22N4O/c1-13(2)24-16-10-14(9-15(11-16)23-7-3-4-8-23)18-12-21-19-17(22-18)5-6-20-19/h5-6,9-13H,3-4,7-8H2,1-2H3,(H,20,21). The number of fused-ring (bicyclic) bond motifs is 1. The van der Waals surface area contributed by atoms with Crippen LogP contribution in [0.3, 0.4) is 0 Å². The number of aromatic amines is 1. The van der Waals surface area contributed by atoms with Gasteiger partial charge in [-0.25, -0.2) is 9.97 Å². The summed E-state index contributed by atoms with van der Waals surface area (Å²) >= 11 is 0. The minimum atomic E-state index is 0.143. The summed E-state index contributed by atoms with van der Waals surface area (Å²) in [5.74, 6) is 0.889. The molecule has 1 aliphatic heterocycles. The Labute approximate surface area is 141 Å². The van der Waals surface area contributed by atoms with Crippen LogP contribution in [-0.2, 0) is 0 Å². The maximum Gasteiger partial charge on any atom is 0.156 e. The summed E-state index contributed by atoms with van der Waals surface area (Å²) in [7, 11) is 0. The first-order chi connectivity index (χ1) is 11.7. The van der Waals surface area contributed by atoms with E-state index in [1.54, 1.807) is 0 Å². The van der Waals surface area contributed by atoms with E-state index < -0.39 is 0 Å². The third-order valence-corrected chi connectivity index (χ3v) is 4.29. The molecule has 0 bridgehead atoms. The van der Waals surface area contributed by atoms with Gasteiger partial charge in [0.2, 0.25) is 0 Å². The average Bonchev–Trinajstić information content (AvgIpc) is 3.25. The van der Waals surface area contributed by atoms with E-state index in [-0.39, 0.29) is 6.10 Å². The van der Waals surface area contributed by atoms with Crippen molar-refractivity contribution in [3.63, 3.8) is 0 Å². The lowest BCUT2D eigenvalue weighted by Gasteiger charge is -2.20. The molecule has 0 atom stereocenters. The molecule has 24 heavy (non-hydrogen) atoms. The van der Waals surface area contributed by atoms with Gasteiger partial charge in [0.15, 0.2) is 5.65 Å². The monoisotopic (exact) mass is 322 g/mol. The molecule has 3 heterocycles. The Hall–Kier alpha value is -2.56. The molecule has 1 aliphatic rings. The van der Waals surface area contributed by atoms with Crippen molar-refractivity contribution in [1.82, 2.24) is 15.0 Å². The lowest BCUT2D eigenvalue weighted by molar-refractivity contribution is 0.242. The first-order valence-electron chi connectivity index (χ1n) is 8.56. The van der Waals surface area contributed by atoms with Crippen LogP contribution in [0.5, 0.6) is 5.75 Å². The molecule has 0 unspecified atom stereocenters. The van der Waals surface area contributed by atoms with Gasteiger partial charge >= 0.3 is 0 Å².